The molecule has 1 aromatic rings. The van der Waals surface area contributed by atoms with Gasteiger partial charge in [-0.3, -0.25) is 14.3 Å². The second-order valence-corrected chi connectivity index (χ2v) is 11.6. The molecule has 0 saturated carbocycles. The summed E-state index contributed by atoms with van der Waals surface area (Å²) in [6.45, 7) is 3.88. The molecule has 1 aliphatic heterocycles. The Morgan fingerprint density at radius 2 is 2.00 bits per heavy atom. The molecule has 4 atom stereocenters. The third-order valence-corrected chi connectivity index (χ3v) is 10.2. The molecule has 8 nitrogen and oxygen atoms in total. The second-order valence-electron chi connectivity index (χ2n) is 6.89. The van der Waals surface area contributed by atoms with Gasteiger partial charge >= 0.3 is 5.69 Å². The number of halogens is 1. The van der Waals surface area contributed by atoms with E-state index in [1.807, 2.05) is 20.8 Å². The Bertz CT molecular complexity index is 834. The summed E-state index contributed by atoms with van der Waals surface area (Å²) in [5.41, 5.74) is -3.21. The lowest BCUT2D eigenvalue weighted by Gasteiger charge is -2.43. The van der Waals surface area contributed by atoms with E-state index in [0.29, 0.717) is 18.1 Å². The smallest absolute Gasteiger partial charge is 0.330 e. The fourth-order valence-electron chi connectivity index (χ4n) is 3.79. The molecule has 27 heavy (non-hydrogen) atoms. The number of nitrogens with zero attached hydrogens (tertiary/aromatic N) is 1. The first kappa shape index (κ1) is 19.0. The number of aliphatic hydroxyl groups is 1. The van der Waals surface area contributed by atoms with Gasteiger partial charge in [-0.2, -0.15) is 0 Å². The van der Waals surface area contributed by atoms with Crippen LogP contribution >= 0.6 is 0 Å². The van der Waals surface area contributed by atoms with Crippen molar-refractivity contribution < 1.29 is 26.1 Å². The molecule has 0 amide bonds. The molecule has 0 unspecified atom stereocenters. The van der Waals surface area contributed by atoms with Gasteiger partial charge in [0.1, 0.15) is 12.2 Å². The van der Waals surface area contributed by atoms with Gasteiger partial charge in [0.05, 0.1) is 2.74 Å². The standard InChI is InChI=1S/C17H29FN2O6Si/c1-6-27(7-2,8-3)26-16(4)13(24-5)17(18,11-21)25-14(16)20-10-9-12(22)19-15(20)23/h9-10,13-14,21H,6-8,11H2,1-5H3,(H,19,22,23)/t13-,14+,16+,17+/m0/s1/i11D2. The summed E-state index contributed by atoms with van der Waals surface area (Å²) < 4.78 is 49.0. The molecule has 1 saturated heterocycles. The predicted molar refractivity (Wildman–Crippen MR) is 99.9 cm³/mol. The van der Waals surface area contributed by atoms with E-state index in [9.17, 15) is 14.7 Å². The van der Waals surface area contributed by atoms with Gasteiger partial charge in [-0.1, -0.05) is 20.8 Å². The zero-order chi connectivity index (χ0) is 22.3. The maximum Gasteiger partial charge on any atom is 0.330 e. The van der Waals surface area contributed by atoms with E-state index in [4.69, 9.17) is 16.6 Å². The van der Waals surface area contributed by atoms with Crippen molar-refractivity contribution in [3.8, 4) is 0 Å². The molecule has 2 N–H and O–H groups in total. The van der Waals surface area contributed by atoms with Crippen LogP contribution in [0.25, 0.3) is 0 Å². The van der Waals surface area contributed by atoms with Crippen LogP contribution in [0.2, 0.25) is 18.1 Å². The van der Waals surface area contributed by atoms with Crippen molar-refractivity contribution in [2.24, 2.45) is 0 Å². The van der Waals surface area contributed by atoms with Crippen molar-refractivity contribution in [1.29, 1.82) is 0 Å². The van der Waals surface area contributed by atoms with Crippen LogP contribution in [0, 0.1) is 0 Å². The van der Waals surface area contributed by atoms with Gasteiger partial charge in [-0.05, 0) is 25.1 Å². The van der Waals surface area contributed by atoms with Gasteiger partial charge < -0.3 is 19.0 Å². The largest absolute Gasteiger partial charge is 0.404 e. The van der Waals surface area contributed by atoms with Gasteiger partial charge in [0.15, 0.2) is 20.6 Å². The zero-order valence-corrected chi connectivity index (χ0v) is 17.2. The predicted octanol–water partition coefficient (Wildman–Crippen LogP) is 1.52. The van der Waals surface area contributed by atoms with Crippen LogP contribution in [0.4, 0.5) is 4.39 Å². The normalized spacial score (nSPS) is 33.0. The number of hydrogen-bond acceptors (Lipinski definition) is 6. The molecule has 0 aliphatic carbocycles. The Morgan fingerprint density at radius 3 is 2.44 bits per heavy atom. The highest BCUT2D eigenvalue weighted by Crippen LogP contribution is 2.50. The first-order chi connectivity index (χ1) is 13.3. The van der Waals surface area contributed by atoms with Crippen molar-refractivity contribution >= 4 is 8.32 Å². The number of hydrogen-bond donors (Lipinski definition) is 2. The Kier molecular flexibility index (Phi) is 5.60. The number of alkyl halides is 1. The number of H-pyrrole nitrogens is 1. The van der Waals surface area contributed by atoms with E-state index in [0.717, 1.165) is 23.9 Å². The van der Waals surface area contributed by atoms with Crippen LogP contribution < -0.4 is 11.2 Å². The summed E-state index contributed by atoms with van der Waals surface area (Å²) in [6, 6.07) is 3.11. The molecule has 0 bridgehead atoms. The minimum atomic E-state index is -3.45. The van der Waals surface area contributed by atoms with Crippen LogP contribution in [0.15, 0.2) is 21.9 Å². The second kappa shape index (κ2) is 7.96. The average Bonchev–Trinajstić information content (AvgIpc) is 2.87. The van der Waals surface area contributed by atoms with Gasteiger partial charge in [0.2, 0.25) is 0 Å². The number of aromatic amines is 1. The van der Waals surface area contributed by atoms with E-state index in [-0.39, 0.29) is 0 Å². The van der Waals surface area contributed by atoms with Crippen LogP contribution in [-0.2, 0) is 13.9 Å². The first-order valence-electron chi connectivity index (χ1n) is 9.97. The van der Waals surface area contributed by atoms with E-state index < -0.39 is 49.9 Å². The SMILES string of the molecule is [2H]C([2H])(O)[C@@]1(F)O[C@@H](n2ccc(=O)[nH]c2=O)[C@](C)(O[Si](CC)(CC)CC)[C@@H]1OC. The zero-order valence-electron chi connectivity index (χ0n) is 18.2. The summed E-state index contributed by atoms with van der Waals surface area (Å²) in [7, 11) is -1.30. The van der Waals surface area contributed by atoms with Crippen molar-refractivity contribution in [3.05, 3.63) is 33.1 Å². The van der Waals surface area contributed by atoms with Crippen LogP contribution in [-0.4, -0.2) is 54.2 Å². The van der Waals surface area contributed by atoms with Gasteiger partial charge in [0, 0.05) is 19.4 Å². The van der Waals surface area contributed by atoms with Crippen molar-refractivity contribution in [1.82, 2.24) is 9.55 Å². The highest BCUT2D eigenvalue weighted by molar-refractivity contribution is 6.73. The molecule has 10 heteroatoms. The topological polar surface area (TPSA) is 103 Å². The van der Waals surface area contributed by atoms with Crippen molar-refractivity contribution in [3.63, 3.8) is 0 Å². The summed E-state index contributed by atoms with van der Waals surface area (Å²) >= 11 is 0. The van der Waals surface area contributed by atoms with Gasteiger partial charge in [-0.25, -0.2) is 9.18 Å². The van der Waals surface area contributed by atoms with Gasteiger partial charge in [0.25, 0.3) is 11.4 Å². The molecule has 1 aliphatic rings. The molecular weight excluding hydrogens is 375 g/mol. The molecule has 154 valence electrons. The fraction of sp³-hybridized carbons (Fsp3) is 0.765. The Labute approximate surface area is 161 Å². The van der Waals surface area contributed by atoms with E-state index in [1.165, 1.54) is 6.92 Å². The highest BCUT2D eigenvalue weighted by Gasteiger charge is 2.66. The fourth-order valence-corrected chi connectivity index (χ4v) is 6.87. The molecule has 1 aromatic heterocycles. The Balaban J connectivity index is 2.74. The molecular formula is C17H29FN2O6Si. The quantitative estimate of drug-likeness (QED) is 0.635. The third-order valence-electron chi connectivity index (χ3n) is 5.49. The van der Waals surface area contributed by atoms with Crippen molar-refractivity contribution in [2.45, 2.75) is 69.6 Å². The van der Waals surface area contributed by atoms with E-state index >= 15 is 4.39 Å². The first-order valence-corrected chi connectivity index (χ1v) is 11.5. The van der Waals surface area contributed by atoms with E-state index in [1.54, 1.807) is 0 Å². The number of ether oxygens (including phenoxy) is 2. The minimum Gasteiger partial charge on any atom is -0.404 e. The maximum absolute atomic E-state index is 15.8. The third kappa shape index (κ3) is 3.68. The lowest BCUT2D eigenvalue weighted by molar-refractivity contribution is -0.212. The monoisotopic (exact) mass is 406 g/mol. The lowest BCUT2D eigenvalue weighted by Crippen LogP contribution is -2.57. The van der Waals surface area contributed by atoms with Crippen LogP contribution in [0.5, 0.6) is 0 Å². The molecule has 0 spiro atoms. The van der Waals surface area contributed by atoms with Crippen molar-refractivity contribution in [2.75, 3.05) is 13.7 Å². The average molecular weight is 407 g/mol. The number of nitrogens with one attached hydrogen (secondary N) is 1. The molecule has 2 rings (SSSR count). The number of rotatable bonds is 8. The molecule has 0 radical (unpaired) electrons. The summed E-state index contributed by atoms with van der Waals surface area (Å²) in [5, 5.41) is 9.92. The number of aromatic nitrogens is 2. The minimum absolute atomic E-state index is 0.654. The van der Waals surface area contributed by atoms with E-state index in [2.05, 4.69) is 4.98 Å². The summed E-state index contributed by atoms with van der Waals surface area (Å²) in [4.78, 5) is 25.9. The Morgan fingerprint density at radius 1 is 1.41 bits per heavy atom. The highest BCUT2D eigenvalue weighted by atomic mass is 28.4. The lowest BCUT2D eigenvalue weighted by atomic mass is 9.95. The van der Waals surface area contributed by atoms with Gasteiger partial charge in [-0.15, -0.1) is 0 Å². The summed E-state index contributed by atoms with van der Waals surface area (Å²) in [5.74, 6) is -3.33. The van der Waals surface area contributed by atoms with Crippen LogP contribution in [0.3, 0.4) is 0 Å². The molecule has 0 aromatic carbocycles. The number of methoxy groups -OCH3 is 1. The summed E-state index contributed by atoms with van der Waals surface area (Å²) in [6.07, 6.45) is -2.08. The molecule has 2 heterocycles. The maximum atomic E-state index is 15.8. The van der Waals surface area contributed by atoms with Crippen LogP contribution in [0.1, 0.15) is 36.7 Å². The molecule has 1 fully saturated rings. The Hall–Kier alpha value is -1.33.